The van der Waals surface area contributed by atoms with Gasteiger partial charge in [-0.2, -0.15) is 4.98 Å². The molecule has 5 rings (SSSR count). The standard InChI is InChI=1S/C21H21N3O3S/c1-11(2)17(21-23-19(24-27-21)12-7-8-12)22-20(25)16-9-13-10-26-15-6-4-3-5-14(15)18(13)28-16/h3-6,9,11-12,17H,7-8,10H2,1-2H3,(H,22,25). The first-order valence-corrected chi connectivity index (χ1v) is 10.4. The molecule has 1 aliphatic heterocycles. The van der Waals surface area contributed by atoms with Crippen LogP contribution >= 0.6 is 11.3 Å². The van der Waals surface area contributed by atoms with Gasteiger partial charge in [0.15, 0.2) is 5.82 Å². The molecular formula is C21H21N3O3S. The highest BCUT2D eigenvalue weighted by atomic mass is 32.1. The number of nitrogens with zero attached hydrogens (tertiary/aromatic N) is 2. The molecule has 3 heterocycles. The van der Waals surface area contributed by atoms with E-state index in [1.165, 1.54) is 11.3 Å². The van der Waals surface area contributed by atoms with Crippen molar-refractivity contribution in [1.29, 1.82) is 0 Å². The van der Waals surface area contributed by atoms with Gasteiger partial charge in [-0.3, -0.25) is 4.79 Å². The topological polar surface area (TPSA) is 77.2 Å². The zero-order valence-electron chi connectivity index (χ0n) is 15.8. The van der Waals surface area contributed by atoms with Crippen molar-refractivity contribution in [3.8, 4) is 16.2 Å². The summed E-state index contributed by atoms with van der Waals surface area (Å²) < 4.78 is 11.3. The molecule has 1 fully saturated rings. The number of hydrogen-bond acceptors (Lipinski definition) is 6. The number of amides is 1. The molecule has 1 aromatic carbocycles. The highest BCUT2D eigenvalue weighted by Gasteiger charge is 2.32. The second-order valence-electron chi connectivity index (χ2n) is 7.71. The van der Waals surface area contributed by atoms with Gasteiger partial charge in [0, 0.05) is 21.9 Å². The SMILES string of the molecule is CC(C)C(NC(=O)c1cc2c(s1)-c1ccccc1OC2)c1nc(C2CC2)no1. The Morgan fingerprint density at radius 2 is 2.11 bits per heavy atom. The first kappa shape index (κ1) is 17.4. The van der Waals surface area contributed by atoms with Crippen molar-refractivity contribution in [2.75, 3.05) is 0 Å². The van der Waals surface area contributed by atoms with E-state index >= 15 is 0 Å². The van der Waals surface area contributed by atoms with Crippen LogP contribution < -0.4 is 10.1 Å². The predicted molar refractivity (Wildman–Crippen MR) is 105 cm³/mol. The summed E-state index contributed by atoms with van der Waals surface area (Å²) in [6.45, 7) is 4.56. The highest BCUT2D eigenvalue weighted by Crippen LogP contribution is 2.42. The Labute approximate surface area is 166 Å². The van der Waals surface area contributed by atoms with Crippen LogP contribution in [0.25, 0.3) is 10.4 Å². The van der Waals surface area contributed by atoms with Gasteiger partial charge in [0.05, 0.1) is 4.88 Å². The Kier molecular flexibility index (Phi) is 4.19. The number of nitrogens with one attached hydrogen (secondary N) is 1. The number of carbonyl (C=O) groups is 1. The van der Waals surface area contributed by atoms with Crippen molar-refractivity contribution in [3.63, 3.8) is 0 Å². The van der Waals surface area contributed by atoms with E-state index in [1.807, 2.05) is 44.2 Å². The summed E-state index contributed by atoms with van der Waals surface area (Å²) in [5.74, 6) is 2.54. The summed E-state index contributed by atoms with van der Waals surface area (Å²) in [5.41, 5.74) is 2.09. The first-order chi connectivity index (χ1) is 13.6. The zero-order valence-corrected chi connectivity index (χ0v) is 16.6. The number of para-hydroxylation sites is 1. The molecule has 1 atom stereocenters. The Morgan fingerprint density at radius 1 is 1.29 bits per heavy atom. The van der Waals surface area contributed by atoms with E-state index in [0.717, 1.165) is 40.4 Å². The van der Waals surface area contributed by atoms with Gasteiger partial charge in [-0.15, -0.1) is 11.3 Å². The molecule has 0 saturated heterocycles. The number of rotatable bonds is 5. The smallest absolute Gasteiger partial charge is 0.262 e. The molecule has 1 N–H and O–H groups in total. The maximum absolute atomic E-state index is 13.0. The van der Waals surface area contributed by atoms with E-state index in [4.69, 9.17) is 9.26 Å². The Morgan fingerprint density at radius 3 is 2.89 bits per heavy atom. The summed E-state index contributed by atoms with van der Waals surface area (Å²) in [7, 11) is 0. The quantitative estimate of drug-likeness (QED) is 0.678. The molecule has 1 aliphatic carbocycles. The highest BCUT2D eigenvalue weighted by molar-refractivity contribution is 7.17. The van der Waals surface area contributed by atoms with E-state index in [-0.39, 0.29) is 17.9 Å². The number of carbonyl (C=O) groups excluding carboxylic acids is 1. The van der Waals surface area contributed by atoms with Crippen LogP contribution in [0.4, 0.5) is 0 Å². The largest absolute Gasteiger partial charge is 0.488 e. The van der Waals surface area contributed by atoms with Gasteiger partial charge in [0.1, 0.15) is 18.4 Å². The minimum absolute atomic E-state index is 0.123. The number of fused-ring (bicyclic) bond motifs is 3. The fourth-order valence-corrected chi connectivity index (χ4v) is 4.52. The number of ether oxygens (including phenoxy) is 1. The average molecular weight is 395 g/mol. The molecule has 28 heavy (non-hydrogen) atoms. The van der Waals surface area contributed by atoms with Gasteiger partial charge in [0.2, 0.25) is 5.89 Å². The summed E-state index contributed by atoms with van der Waals surface area (Å²) >= 11 is 1.50. The Hall–Kier alpha value is -2.67. The van der Waals surface area contributed by atoms with E-state index in [0.29, 0.717) is 23.3 Å². The second-order valence-corrected chi connectivity index (χ2v) is 8.76. The molecule has 6 nitrogen and oxygen atoms in total. The van der Waals surface area contributed by atoms with Gasteiger partial charge >= 0.3 is 0 Å². The van der Waals surface area contributed by atoms with Crippen LogP contribution in [0.5, 0.6) is 5.75 Å². The van der Waals surface area contributed by atoms with Gasteiger partial charge in [-0.1, -0.05) is 31.1 Å². The first-order valence-electron chi connectivity index (χ1n) is 9.59. The maximum Gasteiger partial charge on any atom is 0.262 e. The summed E-state index contributed by atoms with van der Waals surface area (Å²) in [6.07, 6.45) is 2.23. The lowest BCUT2D eigenvalue weighted by Gasteiger charge is -2.18. The van der Waals surface area contributed by atoms with Crippen molar-refractivity contribution in [3.05, 3.63) is 52.5 Å². The van der Waals surface area contributed by atoms with E-state index in [9.17, 15) is 4.79 Å². The zero-order chi connectivity index (χ0) is 19.3. The summed E-state index contributed by atoms with van der Waals surface area (Å²) in [6, 6.07) is 9.54. The van der Waals surface area contributed by atoms with Gasteiger partial charge in [-0.05, 0) is 37.0 Å². The summed E-state index contributed by atoms with van der Waals surface area (Å²) in [5, 5.41) is 7.18. The third kappa shape index (κ3) is 3.09. The van der Waals surface area contributed by atoms with Crippen molar-refractivity contribution < 1.29 is 14.1 Å². The van der Waals surface area contributed by atoms with Crippen LogP contribution in [0.3, 0.4) is 0 Å². The molecule has 1 unspecified atom stereocenters. The van der Waals surface area contributed by atoms with Crippen molar-refractivity contribution in [1.82, 2.24) is 15.5 Å². The number of hydrogen-bond donors (Lipinski definition) is 1. The maximum atomic E-state index is 13.0. The molecule has 7 heteroatoms. The fraction of sp³-hybridized carbons (Fsp3) is 0.381. The minimum Gasteiger partial charge on any atom is -0.488 e. The van der Waals surface area contributed by atoms with E-state index in [2.05, 4.69) is 15.5 Å². The molecule has 1 amide bonds. The Bertz CT molecular complexity index is 1040. The molecule has 3 aromatic rings. The van der Waals surface area contributed by atoms with Crippen molar-refractivity contribution >= 4 is 17.2 Å². The van der Waals surface area contributed by atoms with Crippen molar-refractivity contribution in [2.45, 2.75) is 45.3 Å². The molecule has 0 radical (unpaired) electrons. The molecule has 0 spiro atoms. The van der Waals surface area contributed by atoms with Crippen LogP contribution in [-0.2, 0) is 6.61 Å². The molecule has 2 aromatic heterocycles. The second kappa shape index (κ2) is 6.74. The van der Waals surface area contributed by atoms with Crippen LogP contribution in [0, 0.1) is 5.92 Å². The lowest BCUT2D eigenvalue weighted by atomic mass is 10.0. The van der Waals surface area contributed by atoms with Gasteiger partial charge in [-0.25, -0.2) is 0 Å². The Balaban J connectivity index is 1.39. The van der Waals surface area contributed by atoms with Crippen LogP contribution in [-0.4, -0.2) is 16.0 Å². The van der Waals surface area contributed by atoms with E-state index in [1.54, 1.807) is 0 Å². The monoisotopic (exact) mass is 395 g/mol. The lowest BCUT2D eigenvalue weighted by Crippen LogP contribution is -2.31. The molecule has 2 aliphatic rings. The molecule has 144 valence electrons. The van der Waals surface area contributed by atoms with Gasteiger partial charge < -0.3 is 14.6 Å². The summed E-state index contributed by atoms with van der Waals surface area (Å²) in [4.78, 5) is 19.3. The molecule has 0 bridgehead atoms. The molecule has 1 saturated carbocycles. The van der Waals surface area contributed by atoms with E-state index < -0.39 is 0 Å². The third-order valence-electron chi connectivity index (χ3n) is 5.17. The van der Waals surface area contributed by atoms with Crippen LogP contribution in [0.15, 0.2) is 34.9 Å². The third-order valence-corrected chi connectivity index (χ3v) is 6.38. The number of benzene rings is 1. The fourth-order valence-electron chi connectivity index (χ4n) is 3.42. The minimum atomic E-state index is -0.310. The van der Waals surface area contributed by atoms with Crippen molar-refractivity contribution in [2.24, 2.45) is 5.92 Å². The molecular weight excluding hydrogens is 374 g/mol. The number of thiophene rings is 1. The lowest BCUT2D eigenvalue weighted by molar-refractivity contribution is 0.0918. The average Bonchev–Trinajstić information content (AvgIpc) is 3.26. The number of aromatic nitrogens is 2. The van der Waals surface area contributed by atoms with Crippen LogP contribution in [0.1, 0.15) is 65.6 Å². The van der Waals surface area contributed by atoms with Crippen LogP contribution in [0.2, 0.25) is 0 Å². The predicted octanol–water partition coefficient (Wildman–Crippen LogP) is 4.70. The van der Waals surface area contributed by atoms with Gasteiger partial charge in [0.25, 0.3) is 5.91 Å². The normalized spacial score (nSPS) is 16.2.